The quantitative estimate of drug-likeness (QED) is 0.333. The predicted octanol–water partition coefficient (Wildman–Crippen LogP) is 1.13. The fourth-order valence-corrected chi connectivity index (χ4v) is 4.74. The van der Waals surface area contributed by atoms with Gasteiger partial charge in [0.05, 0.1) is 18.0 Å². The summed E-state index contributed by atoms with van der Waals surface area (Å²) in [4.78, 5) is 8.66. The van der Waals surface area contributed by atoms with Crippen LogP contribution in [-0.2, 0) is 16.6 Å². The summed E-state index contributed by atoms with van der Waals surface area (Å²) in [7, 11) is -3.20. The van der Waals surface area contributed by atoms with Crippen LogP contribution in [0.1, 0.15) is 12.6 Å². The fourth-order valence-electron chi connectivity index (χ4n) is 2.25. The molecular weight excluding hydrogens is 473 g/mol. The highest BCUT2D eigenvalue weighted by Gasteiger charge is 2.23. The second-order valence-electron chi connectivity index (χ2n) is 5.27. The molecule has 0 atom stereocenters. The van der Waals surface area contributed by atoms with Crippen LogP contribution in [0.15, 0.2) is 29.4 Å². The average molecular weight is 499 g/mol. The summed E-state index contributed by atoms with van der Waals surface area (Å²) in [6.45, 7) is 4.69. The first-order valence-corrected chi connectivity index (χ1v) is 10.9. The van der Waals surface area contributed by atoms with Gasteiger partial charge in [0.25, 0.3) is 0 Å². The number of aromatic nitrogens is 1. The number of hydrogen-bond donors (Lipinski definition) is 2. The normalized spacial score (nSPS) is 16.1. The molecule has 0 radical (unpaired) electrons. The monoisotopic (exact) mass is 499 g/mol. The molecule has 1 fully saturated rings. The van der Waals surface area contributed by atoms with E-state index in [1.807, 2.05) is 25.1 Å². The van der Waals surface area contributed by atoms with E-state index in [1.165, 1.54) is 0 Å². The van der Waals surface area contributed by atoms with E-state index in [4.69, 9.17) is 0 Å². The van der Waals surface area contributed by atoms with Gasteiger partial charge in [0.2, 0.25) is 10.0 Å². The van der Waals surface area contributed by atoms with E-state index in [9.17, 15) is 8.42 Å². The van der Waals surface area contributed by atoms with Crippen molar-refractivity contribution in [3.05, 3.63) is 30.1 Å². The number of thioether (sulfide) groups is 1. The number of guanidine groups is 1. The third-order valence-corrected chi connectivity index (χ3v) is 6.30. The summed E-state index contributed by atoms with van der Waals surface area (Å²) in [5.41, 5.74) is 0.869. The molecule has 1 aromatic heterocycles. The van der Waals surface area contributed by atoms with Crippen LogP contribution in [0.2, 0.25) is 0 Å². The topological polar surface area (TPSA) is 86.7 Å². The first kappa shape index (κ1) is 22.5. The number of halogens is 1. The number of nitrogens with one attached hydrogen (secondary N) is 2. The molecule has 1 aliphatic rings. The van der Waals surface area contributed by atoms with Gasteiger partial charge in [0.1, 0.15) is 0 Å². The van der Waals surface area contributed by atoms with Gasteiger partial charge >= 0.3 is 0 Å². The van der Waals surface area contributed by atoms with E-state index in [2.05, 4.69) is 20.6 Å². The van der Waals surface area contributed by atoms with Crippen molar-refractivity contribution in [2.45, 2.75) is 13.5 Å². The van der Waals surface area contributed by atoms with Gasteiger partial charge in [-0.25, -0.2) is 17.7 Å². The fraction of sp³-hybridized carbons (Fsp3) is 0.600. The third kappa shape index (κ3) is 8.09. The van der Waals surface area contributed by atoms with Crippen LogP contribution in [0.3, 0.4) is 0 Å². The highest BCUT2D eigenvalue weighted by molar-refractivity contribution is 14.0. The average Bonchev–Trinajstić information content (AvgIpc) is 2.61. The molecule has 0 aromatic carbocycles. The number of pyridine rings is 1. The lowest BCUT2D eigenvalue weighted by Gasteiger charge is -2.25. The van der Waals surface area contributed by atoms with Crippen LogP contribution in [0.4, 0.5) is 0 Å². The largest absolute Gasteiger partial charge is 0.357 e. The first-order valence-electron chi connectivity index (χ1n) is 8.09. The van der Waals surface area contributed by atoms with Gasteiger partial charge in [-0.15, -0.1) is 24.0 Å². The lowest BCUT2D eigenvalue weighted by Crippen LogP contribution is -2.44. The molecule has 1 aromatic rings. The highest BCUT2D eigenvalue weighted by atomic mass is 127. The van der Waals surface area contributed by atoms with Crippen molar-refractivity contribution in [3.8, 4) is 0 Å². The van der Waals surface area contributed by atoms with Crippen LogP contribution in [-0.4, -0.2) is 67.1 Å². The summed E-state index contributed by atoms with van der Waals surface area (Å²) < 4.78 is 26.2. The molecule has 142 valence electrons. The summed E-state index contributed by atoms with van der Waals surface area (Å²) >= 11 is 1.80. The molecule has 7 nitrogen and oxygen atoms in total. The van der Waals surface area contributed by atoms with Gasteiger partial charge in [0.15, 0.2) is 5.96 Å². The van der Waals surface area contributed by atoms with Crippen LogP contribution >= 0.6 is 35.7 Å². The van der Waals surface area contributed by atoms with Crippen molar-refractivity contribution in [3.63, 3.8) is 0 Å². The standard InChI is InChI=1S/C15H25N5O2S2.HI/c1-2-16-15(19-13-14-5-3-4-6-17-14)18-7-12-24(21,22)20-8-10-23-11-9-20;/h3-6H,2,7-13H2,1H3,(H2,16,18,19);1H. The minimum Gasteiger partial charge on any atom is -0.357 e. The molecule has 0 amide bonds. The Morgan fingerprint density at radius 1 is 1.32 bits per heavy atom. The third-order valence-electron chi connectivity index (χ3n) is 3.49. The van der Waals surface area contributed by atoms with Gasteiger partial charge in [-0.05, 0) is 19.1 Å². The number of rotatable bonds is 7. The molecule has 2 rings (SSSR count). The van der Waals surface area contributed by atoms with Crippen molar-refractivity contribution in [1.29, 1.82) is 0 Å². The minimum absolute atomic E-state index is 0. The van der Waals surface area contributed by atoms with E-state index >= 15 is 0 Å². The van der Waals surface area contributed by atoms with Crippen molar-refractivity contribution in [1.82, 2.24) is 19.9 Å². The Kier molecular flexibility index (Phi) is 10.7. The lowest BCUT2D eigenvalue weighted by molar-refractivity contribution is 0.443. The molecule has 0 bridgehead atoms. The molecule has 0 saturated carbocycles. The Labute approximate surface area is 171 Å². The molecule has 25 heavy (non-hydrogen) atoms. The van der Waals surface area contributed by atoms with Crippen molar-refractivity contribution in [2.75, 3.05) is 43.4 Å². The number of aliphatic imine (C=N–C) groups is 1. The van der Waals surface area contributed by atoms with E-state index < -0.39 is 10.0 Å². The Balaban J connectivity index is 0.00000312. The molecule has 1 saturated heterocycles. The van der Waals surface area contributed by atoms with Crippen LogP contribution in [0, 0.1) is 0 Å². The Morgan fingerprint density at radius 3 is 2.72 bits per heavy atom. The Morgan fingerprint density at radius 2 is 2.08 bits per heavy atom. The van der Waals surface area contributed by atoms with Crippen molar-refractivity contribution >= 4 is 51.7 Å². The summed E-state index contributed by atoms with van der Waals surface area (Å²) in [6.07, 6.45) is 1.73. The van der Waals surface area contributed by atoms with Gasteiger partial charge < -0.3 is 10.6 Å². The smallest absolute Gasteiger partial charge is 0.215 e. The lowest BCUT2D eigenvalue weighted by atomic mass is 10.3. The maximum Gasteiger partial charge on any atom is 0.215 e. The maximum atomic E-state index is 12.3. The number of nitrogens with zero attached hydrogens (tertiary/aromatic N) is 3. The van der Waals surface area contributed by atoms with E-state index in [1.54, 1.807) is 22.3 Å². The van der Waals surface area contributed by atoms with Crippen LogP contribution in [0.25, 0.3) is 0 Å². The number of sulfonamides is 1. The summed E-state index contributed by atoms with van der Waals surface area (Å²) in [5, 5.41) is 6.20. The van der Waals surface area contributed by atoms with Gasteiger partial charge in [-0.1, -0.05) is 6.07 Å². The molecule has 10 heteroatoms. The molecule has 0 unspecified atom stereocenters. The first-order chi connectivity index (χ1) is 11.6. The van der Waals surface area contributed by atoms with E-state index in [0.717, 1.165) is 17.2 Å². The molecule has 2 N–H and O–H groups in total. The number of hydrogen-bond acceptors (Lipinski definition) is 5. The van der Waals surface area contributed by atoms with E-state index in [0.29, 0.717) is 38.7 Å². The SMILES string of the molecule is CCNC(=NCc1ccccn1)NCCS(=O)(=O)N1CCSCC1.I. The molecule has 1 aliphatic heterocycles. The zero-order valence-corrected chi connectivity index (χ0v) is 18.3. The van der Waals surface area contributed by atoms with Crippen LogP contribution in [0.5, 0.6) is 0 Å². The molecule has 0 aliphatic carbocycles. The Hall–Kier alpha value is -0.590. The van der Waals surface area contributed by atoms with Gasteiger partial charge in [0, 0.05) is 43.9 Å². The second kappa shape index (κ2) is 11.9. The summed E-state index contributed by atoms with van der Waals surface area (Å²) in [6, 6.07) is 5.69. The van der Waals surface area contributed by atoms with E-state index in [-0.39, 0.29) is 29.7 Å². The molecular formula is C15H26IN5O2S2. The van der Waals surface area contributed by atoms with Crippen LogP contribution < -0.4 is 10.6 Å². The second-order valence-corrected chi connectivity index (χ2v) is 8.58. The molecule has 2 heterocycles. The zero-order valence-electron chi connectivity index (χ0n) is 14.3. The Bertz CT molecular complexity index is 622. The highest BCUT2D eigenvalue weighted by Crippen LogP contribution is 2.12. The predicted molar refractivity (Wildman–Crippen MR) is 115 cm³/mol. The van der Waals surface area contributed by atoms with Gasteiger partial charge in [-0.3, -0.25) is 4.98 Å². The maximum absolute atomic E-state index is 12.3. The summed E-state index contributed by atoms with van der Waals surface area (Å²) in [5.74, 6) is 2.43. The van der Waals surface area contributed by atoms with Crippen molar-refractivity contribution in [2.24, 2.45) is 4.99 Å². The molecule has 0 spiro atoms. The zero-order chi connectivity index (χ0) is 17.3. The minimum atomic E-state index is -3.20. The van der Waals surface area contributed by atoms with Crippen molar-refractivity contribution < 1.29 is 8.42 Å². The van der Waals surface area contributed by atoms with Gasteiger partial charge in [-0.2, -0.15) is 11.8 Å².